The summed E-state index contributed by atoms with van der Waals surface area (Å²) in [5.74, 6) is 0.731. The van der Waals surface area contributed by atoms with Gasteiger partial charge in [0.15, 0.2) is 0 Å². The third kappa shape index (κ3) is 2.64. The first-order valence-corrected chi connectivity index (χ1v) is 5.74. The van der Waals surface area contributed by atoms with Crippen molar-refractivity contribution in [2.45, 2.75) is 20.3 Å². The minimum Gasteiger partial charge on any atom is -0.424 e. The number of para-hydroxylation sites is 1. The van der Waals surface area contributed by atoms with Gasteiger partial charge < -0.3 is 4.74 Å². The Kier molecular flexibility index (Phi) is 3.54. The molecule has 0 atom stereocenters. The predicted octanol–water partition coefficient (Wildman–Crippen LogP) is 3.01. The second-order valence-electron chi connectivity index (χ2n) is 3.85. The Bertz CT molecular complexity index is 602. The zero-order valence-corrected chi connectivity index (χ0v) is 10.3. The molecule has 90 valence electrons. The van der Waals surface area contributed by atoms with Crippen molar-refractivity contribution in [1.82, 2.24) is 9.97 Å². The van der Waals surface area contributed by atoms with E-state index in [-0.39, 0.29) is 6.01 Å². The molecular weight excluding hydrogens is 226 g/mol. The Hall–Kier alpha value is -2.41. The van der Waals surface area contributed by atoms with Gasteiger partial charge in [-0.1, -0.05) is 25.1 Å². The van der Waals surface area contributed by atoms with Gasteiger partial charge in [0.05, 0.1) is 0 Å². The van der Waals surface area contributed by atoms with Gasteiger partial charge in [0.2, 0.25) is 0 Å². The summed E-state index contributed by atoms with van der Waals surface area (Å²) in [4.78, 5) is 8.20. The molecular formula is C14H13N3O. The van der Waals surface area contributed by atoms with Crippen LogP contribution in [0.3, 0.4) is 0 Å². The van der Waals surface area contributed by atoms with E-state index < -0.39 is 0 Å². The van der Waals surface area contributed by atoms with Crippen LogP contribution in [-0.4, -0.2) is 9.97 Å². The van der Waals surface area contributed by atoms with Crippen LogP contribution in [0.1, 0.15) is 23.9 Å². The summed E-state index contributed by atoms with van der Waals surface area (Å²) < 4.78 is 5.65. The molecule has 0 aliphatic heterocycles. The Balaban J connectivity index is 2.34. The Morgan fingerprint density at radius 1 is 1.28 bits per heavy atom. The molecule has 0 spiro atoms. The number of nitriles is 1. The fourth-order valence-electron chi connectivity index (χ4n) is 1.64. The molecule has 0 fully saturated rings. The normalized spacial score (nSPS) is 9.83. The van der Waals surface area contributed by atoms with Crippen LogP contribution in [0.5, 0.6) is 11.8 Å². The zero-order chi connectivity index (χ0) is 13.0. The number of aromatic nitrogens is 2. The molecule has 0 saturated carbocycles. The van der Waals surface area contributed by atoms with Crippen LogP contribution in [0.4, 0.5) is 0 Å². The summed E-state index contributed by atoms with van der Waals surface area (Å²) in [5, 5.41) is 8.86. The van der Waals surface area contributed by atoms with Crippen molar-refractivity contribution in [2.75, 3.05) is 0 Å². The van der Waals surface area contributed by atoms with Gasteiger partial charge >= 0.3 is 6.01 Å². The van der Waals surface area contributed by atoms with E-state index in [4.69, 9.17) is 10.00 Å². The molecule has 0 unspecified atom stereocenters. The van der Waals surface area contributed by atoms with E-state index in [1.54, 1.807) is 13.0 Å². The number of hydrogen-bond donors (Lipinski definition) is 0. The summed E-state index contributed by atoms with van der Waals surface area (Å²) in [7, 11) is 0. The van der Waals surface area contributed by atoms with E-state index in [1.165, 1.54) is 0 Å². The molecule has 2 rings (SSSR count). The summed E-state index contributed by atoms with van der Waals surface area (Å²) >= 11 is 0. The van der Waals surface area contributed by atoms with Gasteiger partial charge in [0, 0.05) is 5.69 Å². The van der Waals surface area contributed by atoms with Gasteiger partial charge in [-0.15, -0.1) is 0 Å². The lowest BCUT2D eigenvalue weighted by Crippen LogP contribution is -1.98. The van der Waals surface area contributed by atoms with Gasteiger partial charge in [0.1, 0.15) is 17.5 Å². The second kappa shape index (κ2) is 5.28. The first-order chi connectivity index (χ1) is 8.72. The molecule has 2 aromatic rings. The predicted molar refractivity (Wildman–Crippen MR) is 67.4 cm³/mol. The molecule has 0 aliphatic rings. The topological polar surface area (TPSA) is 58.8 Å². The maximum Gasteiger partial charge on any atom is 0.323 e. The number of ether oxygens (including phenoxy) is 1. The van der Waals surface area contributed by atoms with Gasteiger partial charge in [-0.3, -0.25) is 0 Å². The molecule has 0 amide bonds. The van der Waals surface area contributed by atoms with Crippen molar-refractivity contribution in [2.24, 2.45) is 0 Å². The second-order valence-corrected chi connectivity index (χ2v) is 3.85. The number of nitrogens with zero attached hydrogens (tertiary/aromatic N) is 3. The van der Waals surface area contributed by atoms with Crippen LogP contribution >= 0.6 is 0 Å². The van der Waals surface area contributed by atoms with Crippen LogP contribution in [0.15, 0.2) is 30.3 Å². The molecule has 18 heavy (non-hydrogen) atoms. The van der Waals surface area contributed by atoms with Crippen LogP contribution in [0.2, 0.25) is 0 Å². The highest BCUT2D eigenvalue weighted by atomic mass is 16.5. The van der Waals surface area contributed by atoms with E-state index in [2.05, 4.69) is 16.9 Å². The quantitative estimate of drug-likeness (QED) is 0.826. The molecule has 4 heteroatoms. The van der Waals surface area contributed by atoms with E-state index >= 15 is 0 Å². The lowest BCUT2D eigenvalue weighted by molar-refractivity contribution is 0.435. The highest BCUT2D eigenvalue weighted by Crippen LogP contribution is 2.23. The Morgan fingerprint density at radius 3 is 2.78 bits per heavy atom. The first-order valence-electron chi connectivity index (χ1n) is 5.74. The molecule has 0 aliphatic carbocycles. The fourth-order valence-corrected chi connectivity index (χ4v) is 1.64. The highest BCUT2D eigenvalue weighted by molar-refractivity contribution is 5.35. The lowest BCUT2D eigenvalue weighted by atomic mass is 10.1. The third-order valence-electron chi connectivity index (χ3n) is 2.50. The van der Waals surface area contributed by atoms with E-state index in [0.717, 1.165) is 17.7 Å². The molecule has 1 aromatic carbocycles. The van der Waals surface area contributed by atoms with Crippen molar-refractivity contribution >= 4 is 0 Å². The SMILES string of the molecule is CCc1ccccc1Oc1nc(C)cc(C#N)n1. The zero-order valence-electron chi connectivity index (χ0n) is 10.3. The molecule has 0 N–H and O–H groups in total. The van der Waals surface area contributed by atoms with Gasteiger partial charge in [0.25, 0.3) is 0 Å². The minimum atomic E-state index is 0.215. The largest absolute Gasteiger partial charge is 0.424 e. The summed E-state index contributed by atoms with van der Waals surface area (Å²) in [6.07, 6.45) is 0.868. The van der Waals surface area contributed by atoms with Crippen molar-refractivity contribution < 1.29 is 4.74 Å². The third-order valence-corrected chi connectivity index (χ3v) is 2.50. The Morgan fingerprint density at radius 2 is 2.06 bits per heavy atom. The number of rotatable bonds is 3. The van der Waals surface area contributed by atoms with Gasteiger partial charge in [-0.2, -0.15) is 10.2 Å². The maximum absolute atomic E-state index is 8.86. The van der Waals surface area contributed by atoms with E-state index in [0.29, 0.717) is 11.4 Å². The van der Waals surface area contributed by atoms with Gasteiger partial charge in [-0.25, -0.2) is 4.98 Å². The monoisotopic (exact) mass is 239 g/mol. The minimum absolute atomic E-state index is 0.215. The van der Waals surface area contributed by atoms with Crippen molar-refractivity contribution in [3.8, 4) is 17.8 Å². The molecule has 0 saturated heterocycles. The van der Waals surface area contributed by atoms with Gasteiger partial charge in [-0.05, 0) is 31.0 Å². The highest BCUT2D eigenvalue weighted by Gasteiger charge is 2.07. The number of aryl methyl sites for hydroxylation is 2. The molecule has 4 nitrogen and oxygen atoms in total. The molecule has 0 bridgehead atoms. The van der Waals surface area contributed by atoms with Crippen LogP contribution in [-0.2, 0) is 6.42 Å². The average molecular weight is 239 g/mol. The maximum atomic E-state index is 8.86. The van der Waals surface area contributed by atoms with Crippen molar-refractivity contribution in [1.29, 1.82) is 5.26 Å². The first kappa shape index (κ1) is 12.1. The van der Waals surface area contributed by atoms with E-state index in [1.807, 2.05) is 30.3 Å². The van der Waals surface area contributed by atoms with Crippen LogP contribution < -0.4 is 4.74 Å². The molecule has 1 aromatic heterocycles. The van der Waals surface area contributed by atoms with Crippen LogP contribution in [0, 0.1) is 18.3 Å². The summed E-state index contributed by atoms with van der Waals surface area (Å²) in [5.41, 5.74) is 2.11. The van der Waals surface area contributed by atoms with Crippen molar-refractivity contribution in [3.05, 3.63) is 47.3 Å². The standard InChI is InChI=1S/C14H13N3O/c1-3-11-6-4-5-7-13(11)18-14-16-10(2)8-12(9-15)17-14/h4-8H,3H2,1-2H3. The molecule has 1 heterocycles. The molecule has 0 radical (unpaired) electrons. The smallest absolute Gasteiger partial charge is 0.323 e. The fraction of sp³-hybridized carbons (Fsp3) is 0.214. The lowest BCUT2D eigenvalue weighted by Gasteiger charge is -2.08. The van der Waals surface area contributed by atoms with Crippen LogP contribution in [0.25, 0.3) is 0 Å². The number of hydrogen-bond acceptors (Lipinski definition) is 4. The number of benzene rings is 1. The Labute approximate surface area is 106 Å². The van der Waals surface area contributed by atoms with Crippen molar-refractivity contribution in [3.63, 3.8) is 0 Å². The summed E-state index contributed by atoms with van der Waals surface area (Å²) in [6.45, 7) is 3.86. The van der Waals surface area contributed by atoms with E-state index in [9.17, 15) is 0 Å². The summed E-state index contributed by atoms with van der Waals surface area (Å²) in [6, 6.07) is 11.6. The average Bonchev–Trinajstić information content (AvgIpc) is 2.38.